The van der Waals surface area contributed by atoms with Gasteiger partial charge in [-0.25, -0.2) is 4.79 Å². The van der Waals surface area contributed by atoms with E-state index in [4.69, 9.17) is 18.6 Å². The van der Waals surface area contributed by atoms with Crippen LogP contribution >= 0.6 is 0 Å². The molecule has 2 heterocycles. The van der Waals surface area contributed by atoms with Crippen molar-refractivity contribution < 1.29 is 28.2 Å². The molecule has 1 unspecified atom stereocenters. The van der Waals surface area contributed by atoms with Gasteiger partial charge in [-0.2, -0.15) is 0 Å². The Morgan fingerprint density at radius 2 is 1.60 bits per heavy atom. The van der Waals surface area contributed by atoms with E-state index in [-0.39, 0.29) is 16.8 Å². The van der Waals surface area contributed by atoms with Crippen molar-refractivity contribution in [2.45, 2.75) is 59.4 Å². The topological polar surface area (TPSA) is 95.3 Å². The van der Waals surface area contributed by atoms with Crippen molar-refractivity contribution in [1.29, 1.82) is 0 Å². The number of hydrogen-bond acceptors (Lipinski definition) is 7. The van der Waals surface area contributed by atoms with Gasteiger partial charge in [-0.05, 0) is 80.8 Å². The van der Waals surface area contributed by atoms with Gasteiger partial charge in [0.1, 0.15) is 5.58 Å². The molecule has 0 fully saturated rings. The van der Waals surface area contributed by atoms with Crippen molar-refractivity contribution in [3.8, 4) is 11.5 Å². The summed E-state index contributed by atoms with van der Waals surface area (Å²) < 4.78 is 23.4. The molecule has 1 aliphatic rings. The molecule has 8 nitrogen and oxygen atoms in total. The zero-order valence-corrected chi connectivity index (χ0v) is 25.1. The van der Waals surface area contributed by atoms with Gasteiger partial charge in [0.2, 0.25) is 5.76 Å². The number of rotatable bonds is 12. The lowest BCUT2D eigenvalue weighted by Gasteiger charge is -2.26. The molecule has 224 valence electrons. The third-order valence-electron chi connectivity index (χ3n) is 7.48. The zero-order chi connectivity index (χ0) is 30.5. The summed E-state index contributed by atoms with van der Waals surface area (Å²) in [4.78, 5) is 42.1. The smallest absolute Gasteiger partial charge is 0.338 e. The molecule has 0 aliphatic carbocycles. The summed E-state index contributed by atoms with van der Waals surface area (Å²) in [6, 6.07) is 16.7. The Labute approximate surface area is 251 Å². The highest BCUT2D eigenvalue weighted by Gasteiger charge is 2.44. The van der Waals surface area contributed by atoms with Crippen molar-refractivity contribution in [2.75, 3.05) is 24.7 Å². The standard InChI is InChI=1S/C35H37NO7/c1-5-8-18-41-28-17-13-24(21-29(28)40-7-3)31-30-32(37)26-20-22(4)10-16-27(26)43-33(30)34(38)36(31)25-14-11-23(12-15-25)35(39)42-19-9-6-2/h10-17,20-21,31H,5-9,18-19H2,1-4H3. The van der Waals surface area contributed by atoms with Crippen molar-refractivity contribution in [3.63, 3.8) is 0 Å². The maximum absolute atomic E-state index is 14.0. The van der Waals surface area contributed by atoms with Gasteiger partial charge in [0.05, 0.1) is 42.4 Å². The van der Waals surface area contributed by atoms with Crippen LogP contribution in [0.2, 0.25) is 0 Å². The predicted molar refractivity (Wildman–Crippen MR) is 166 cm³/mol. The van der Waals surface area contributed by atoms with Crippen LogP contribution in [0.15, 0.2) is 69.9 Å². The number of nitrogens with zero attached hydrogens (tertiary/aromatic N) is 1. The fourth-order valence-electron chi connectivity index (χ4n) is 5.23. The average molecular weight is 584 g/mol. The quantitative estimate of drug-likeness (QED) is 0.127. The van der Waals surface area contributed by atoms with E-state index < -0.39 is 17.9 Å². The summed E-state index contributed by atoms with van der Waals surface area (Å²) in [6.07, 6.45) is 3.61. The van der Waals surface area contributed by atoms with Crippen LogP contribution in [0.4, 0.5) is 5.69 Å². The minimum atomic E-state index is -0.796. The van der Waals surface area contributed by atoms with Crippen LogP contribution in [0.1, 0.15) is 90.1 Å². The number of esters is 1. The van der Waals surface area contributed by atoms with E-state index in [1.807, 2.05) is 45.0 Å². The summed E-state index contributed by atoms with van der Waals surface area (Å²) in [6.45, 7) is 9.23. The van der Waals surface area contributed by atoms with Crippen molar-refractivity contribution in [3.05, 3.63) is 98.9 Å². The molecule has 1 atom stereocenters. The van der Waals surface area contributed by atoms with Gasteiger partial charge in [-0.15, -0.1) is 0 Å². The second kappa shape index (κ2) is 13.2. The van der Waals surface area contributed by atoms with Gasteiger partial charge in [0.15, 0.2) is 16.9 Å². The maximum Gasteiger partial charge on any atom is 0.338 e. The number of unbranched alkanes of at least 4 members (excludes halogenated alkanes) is 2. The zero-order valence-electron chi connectivity index (χ0n) is 25.1. The molecule has 5 rings (SSSR count). The molecule has 43 heavy (non-hydrogen) atoms. The predicted octanol–water partition coefficient (Wildman–Crippen LogP) is 7.39. The first-order chi connectivity index (χ1) is 20.9. The first-order valence-electron chi connectivity index (χ1n) is 15.0. The average Bonchev–Trinajstić information content (AvgIpc) is 3.30. The minimum Gasteiger partial charge on any atom is -0.490 e. The van der Waals surface area contributed by atoms with Gasteiger partial charge >= 0.3 is 5.97 Å². The Kier molecular flexibility index (Phi) is 9.14. The number of benzene rings is 3. The molecule has 1 aliphatic heterocycles. The Hall–Kier alpha value is -4.59. The second-order valence-corrected chi connectivity index (χ2v) is 10.6. The largest absolute Gasteiger partial charge is 0.490 e. The fourth-order valence-corrected chi connectivity index (χ4v) is 5.23. The van der Waals surface area contributed by atoms with E-state index in [1.54, 1.807) is 36.4 Å². The van der Waals surface area contributed by atoms with E-state index in [9.17, 15) is 14.4 Å². The number of anilines is 1. The number of fused-ring (bicyclic) bond motifs is 2. The lowest BCUT2D eigenvalue weighted by molar-refractivity contribution is 0.0499. The van der Waals surface area contributed by atoms with Crippen LogP contribution in [-0.2, 0) is 4.74 Å². The molecule has 8 heteroatoms. The van der Waals surface area contributed by atoms with Crippen LogP contribution < -0.4 is 19.8 Å². The molecular weight excluding hydrogens is 546 g/mol. The van der Waals surface area contributed by atoms with Crippen LogP contribution in [-0.4, -0.2) is 31.7 Å². The second-order valence-electron chi connectivity index (χ2n) is 10.6. The molecule has 3 aromatic carbocycles. The van der Waals surface area contributed by atoms with E-state index in [2.05, 4.69) is 6.92 Å². The van der Waals surface area contributed by atoms with Crippen LogP contribution in [0.5, 0.6) is 11.5 Å². The van der Waals surface area contributed by atoms with Gasteiger partial charge in [0, 0.05) is 5.69 Å². The van der Waals surface area contributed by atoms with Gasteiger partial charge in [-0.3, -0.25) is 14.5 Å². The van der Waals surface area contributed by atoms with E-state index in [1.165, 1.54) is 4.90 Å². The molecule has 0 N–H and O–H groups in total. The SMILES string of the molecule is CCCCOC(=O)c1ccc(N2C(=O)c3oc4ccc(C)cc4c(=O)c3C2c2ccc(OCCCC)c(OCC)c2)cc1. The Bertz CT molecular complexity index is 1690. The highest BCUT2D eigenvalue weighted by molar-refractivity contribution is 6.11. The molecule has 0 bridgehead atoms. The number of carbonyl (C=O) groups is 2. The highest BCUT2D eigenvalue weighted by Crippen LogP contribution is 2.43. The molecule has 0 saturated heterocycles. The fraction of sp³-hybridized carbons (Fsp3) is 0.343. The van der Waals surface area contributed by atoms with E-state index in [0.29, 0.717) is 59.1 Å². The van der Waals surface area contributed by atoms with Gasteiger partial charge in [-0.1, -0.05) is 44.4 Å². The molecule has 1 amide bonds. The number of amides is 1. The normalized spacial score (nSPS) is 14.2. The van der Waals surface area contributed by atoms with Gasteiger partial charge < -0.3 is 18.6 Å². The number of aryl methyl sites for hydroxylation is 1. The maximum atomic E-state index is 14.0. The van der Waals surface area contributed by atoms with Gasteiger partial charge in [0.25, 0.3) is 5.91 Å². The van der Waals surface area contributed by atoms with Crippen molar-refractivity contribution in [2.24, 2.45) is 0 Å². The van der Waals surface area contributed by atoms with E-state index in [0.717, 1.165) is 31.2 Å². The lowest BCUT2D eigenvalue weighted by atomic mass is 9.97. The summed E-state index contributed by atoms with van der Waals surface area (Å²) in [5.74, 6) is 0.256. The van der Waals surface area contributed by atoms with Crippen LogP contribution in [0.25, 0.3) is 11.0 Å². The summed E-state index contributed by atoms with van der Waals surface area (Å²) in [7, 11) is 0. The first-order valence-corrected chi connectivity index (χ1v) is 15.0. The molecule has 4 aromatic rings. The van der Waals surface area contributed by atoms with Crippen molar-refractivity contribution in [1.82, 2.24) is 0 Å². The first kappa shape index (κ1) is 29.9. The third-order valence-corrected chi connectivity index (χ3v) is 7.48. The molecule has 0 spiro atoms. The van der Waals surface area contributed by atoms with Crippen LogP contribution in [0.3, 0.4) is 0 Å². The van der Waals surface area contributed by atoms with Crippen molar-refractivity contribution >= 4 is 28.5 Å². The summed E-state index contributed by atoms with van der Waals surface area (Å²) in [5.41, 5.74) is 2.80. The summed E-state index contributed by atoms with van der Waals surface area (Å²) >= 11 is 0. The highest BCUT2D eigenvalue weighted by atomic mass is 16.5. The molecule has 1 aromatic heterocycles. The number of carbonyl (C=O) groups excluding carboxylic acids is 2. The summed E-state index contributed by atoms with van der Waals surface area (Å²) in [5, 5.41) is 0.410. The molecule has 0 radical (unpaired) electrons. The number of hydrogen-bond donors (Lipinski definition) is 0. The third kappa shape index (κ3) is 6.00. The lowest BCUT2D eigenvalue weighted by Crippen LogP contribution is -2.29. The Morgan fingerprint density at radius 3 is 2.33 bits per heavy atom. The minimum absolute atomic E-state index is 0.00404. The Morgan fingerprint density at radius 1 is 0.860 bits per heavy atom. The Balaban J connectivity index is 1.62. The number of ether oxygens (including phenoxy) is 3. The monoisotopic (exact) mass is 583 g/mol. The van der Waals surface area contributed by atoms with Crippen LogP contribution in [0, 0.1) is 6.92 Å². The van der Waals surface area contributed by atoms with E-state index >= 15 is 0 Å². The molecule has 0 saturated carbocycles. The molecular formula is C35H37NO7.